The molecule has 0 aliphatic carbocycles. The zero-order valence-corrected chi connectivity index (χ0v) is 43.0. The number of unbranched alkanes of at least 4 members (excludes halogenated alkanes) is 24. The number of carbonyl (C=O) groups excluding carboxylic acids is 2. The van der Waals surface area contributed by atoms with Crippen molar-refractivity contribution in [3.8, 4) is 0 Å². The maximum atomic E-state index is 10.3. The number of aldehydes is 2. The fraction of sp³-hybridized carbons (Fsp3) is 0.796. The lowest BCUT2D eigenvalue weighted by molar-refractivity contribution is -0.140. The number of carbonyl (C=O) groups is 7. The second kappa shape index (κ2) is 65.2. The Hall–Kier alpha value is -3.91. The smallest absolute Gasteiger partial charge is 0.305 e. The first kappa shape index (κ1) is 73.1. The quantitative estimate of drug-likeness (QED) is 0.0130. The van der Waals surface area contributed by atoms with Crippen LogP contribution in [0.3, 0.4) is 0 Å². The summed E-state index contributed by atoms with van der Waals surface area (Å²) in [6, 6.07) is 0. The number of carboxylic acids is 5. The molecule has 0 saturated carbocycles. The molecule has 0 radical (unpaired) electrons. The van der Waals surface area contributed by atoms with Gasteiger partial charge in [0.2, 0.25) is 0 Å². The Kier molecular flexibility index (Phi) is 70.0. The topological polar surface area (TPSA) is 261 Å². The second-order valence-electron chi connectivity index (χ2n) is 17.3. The third-order valence-corrected chi connectivity index (χ3v) is 10.5. The van der Waals surface area contributed by atoms with Crippen molar-refractivity contribution in [3.63, 3.8) is 0 Å². The van der Waals surface area contributed by atoms with E-state index in [4.69, 9.17) is 30.6 Å². The summed E-state index contributed by atoms with van der Waals surface area (Å²) in [6.07, 6.45) is 43.2. The molecule has 0 saturated heterocycles. The third kappa shape index (κ3) is 88.8. The first-order chi connectivity index (χ1) is 32.6. The number of hydrogen-bond acceptors (Lipinski definition) is 9. The van der Waals surface area contributed by atoms with E-state index in [2.05, 4.69) is 32.9 Å². The van der Waals surface area contributed by atoms with E-state index in [1.165, 1.54) is 57.8 Å². The average molecular weight is 973 g/mol. The minimum absolute atomic E-state index is 0.119. The minimum Gasteiger partial charge on any atom is -0.481 e. The van der Waals surface area contributed by atoms with Gasteiger partial charge >= 0.3 is 29.8 Å². The van der Waals surface area contributed by atoms with E-state index in [1.807, 2.05) is 6.08 Å². The summed E-state index contributed by atoms with van der Waals surface area (Å²) >= 11 is 0. The molecule has 0 bridgehead atoms. The van der Waals surface area contributed by atoms with Crippen LogP contribution in [0.5, 0.6) is 0 Å². The molecule has 14 nitrogen and oxygen atoms in total. The Labute approximate surface area is 411 Å². The molecule has 68 heavy (non-hydrogen) atoms. The molecule has 0 fully saturated rings. The van der Waals surface area contributed by atoms with E-state index in [0.29, 0.717) is 32.1 Å². The van der Waals surface area contributed by atoms with Crippen molar-refractivity contribution in [3.05, 3.63) is 24.3 Å². The lowest BCUT2D eigenvalue weighted by Crippen LogP contribution is -2.12. The Morgan fingerprint density at radius 3 is 1.04 bits per heavy atom. The lowest BCUT2D eigenvalue weighted by atomic mass is 10.1. The van der Waals surface area contributed by atoms with Crippen LogP contribution < -0.4 is 0 Å². The highest BCUT2D eigenvalue weighted by Crippen LogP contribution is 2.12. The normalized spacial score (nSPS) is 11.4. The maximum Gasteiger partial charge on any atom is 0.305 e. The number of hydrogen-bond donors (Lipinski definition) is 7. The van der Waals surface area contributed by atoms with Crippen LogP contribution >= 0.6 is 0 Å². The monoisotopic (exact) mass is 973 g/mol. The fourth-order valence-electron chi connectivity index (χ4n) is 6.43. The Bertz CT molecular complexity index is 1170. The summed E-state index contributed by atoms with van der Waals surface area (Å²) in [7, 11) is 0. The third-order valence-electron chi connectivity index (χ3n) is 10.5. The molecule has 7 N–H and O–H groups in total. The van der Waals surface area contributed by atoms with Crippen molar-refractivity contribution in [1.82, 2.24) is 0 Å². The highest BCUT2D eigenvalue weighted by atomic mass is 16.4. The van der Waals surface area contributed by atoms with E-state index in [-0.39, 0.29) is 31.8 Å². The van der Waals surface area contributed by atoms with Crippen LogP contribution in [0, 0.1) is 0 Å². The van der Waals surface area contributed by atoms with E-state index in [9.17, 15) is 38.7 Å². The molecule has 0 amide bonds. The minimum atomic E-state index is -0.919. The molecule has 0 aliphatic heterocycles. The number of aliphatic carboxylic acids is 5. The van der Waals surface area contributed by atoms with Crippen molar-refractivity contribution in [1.29, 1.82) is 0 Å². The highest BCUT2D eigenvalue weighted by Gasteiger charge is 2.08. The van der Waals surface area contributed by atoms with Gasteiger partial charge < -0.3 is 40.5 Å². The largest absolute Gasteiger partial charge is 0.481 e. The van der Waals surface area contributed by atoms with Crippen molar-refractivity contribution in [2.75, 3.05) is 0 Å². The molecule has 2 atom stereocenters. The standard InChI is InChI=1S/C18H34O3.C9H16O4.C9H18O3.C9H16O3.C9H16O/c1-2-3-4-11-14-17(19)15-12-9-7-5-6-8-10-13-16-18(20)21;10-8(11)6-4-2-1-3-5-7-9(12)13;1-2-3-4-5-6-8(10)7-9(11)12;10-8-6-4-2-1-3-5-7-9(11)12;1-2-3-4-5-6-7-8-9-10/h9,12,17,19H,2-8,10-11,13-16H2,1H3,(H,20,21);1-7H2,(H,10,11)(H,12,13);8,10H,2-7H2,1H3,(H,11,12);8H,1-7H2,(H,11,12);7-9H,2-6H2,1H3/b12-9-;;;;8-7+/t17-;;8-;;/m1.1../s1. The molecule has 0 heterocycles. The predicted molar refractivity (Wildman–Crippen MR) is 273 cm³/mol. The average Bonchev–Trinajstić information content (AvgIpc) is 3.28. The predicted octanol–water partition coefficient (Wildman–Crippen LogP) is 13.5. The first-order valence-corrected chi connectivity index (χ1v) is 26.3. The van der Waals surface area contributed by atoms with Gasteiger partial charge in [0.15, 0.2) is 0 Å². The lowest BCUT2D eigenvalue weighted by Gasteiger charge is -2.07. The number of rotatable bonds is 44. The molecule has 0 aromatic heterocycles. The number of carboxylic acid groups (broad SMARTS) is 5. The van der Waals surface area contributed by atoms with Crippen LogP contribution in [0.15, 0.2) is 24.3 Å². The fourth-order valence-corrected chi connectivity index (χ4v) is 6.43. The van der Waals surface area contributed by atoms with Crippen LogP contribution in [0.25, 0.3) is 0 Å². The van der Waals surface area contributed by atoms with Gasteiger partial charge in [0.25, 0.3) is 0 Å². The van der Waals surface area contributed by atoms with E-state index >= 15 is 0 Å². The molecule has 0 aromatic carbocycles. The molecule has 14 heteroatoms. The maximum absolute atomic E-state index is 10.3. The molecule has 0 unspecified atom stereocenters. The Morgan fingerprint density at radius 1 is 0.368 bits per heavy atom. The van der Waals surface area contributed by atoms with Gasteiger partial charge in [-0.3, -0.25) is 28.8 Å². The molecule has 0 aromatic rings. The van der Waals surface area contributed by atoms with E-state index in [0.717, 1.165) is 141 Å². The van der Waals surface area contributed by atoms with Gasteiger partial charge in [0.1, 0.15) is 12.6 Å². The van der Waals surface area contributed by atoms with Gasteiger partial charge in [0.05, 0.1) is 18.6 Å². The van der Waals surface area contributed by atoms with Crippen LogP contribution in [0.1, 0.15) is 265 Å². The van der Waals surface area contributed by atoms with Crippen LogP contribution in [0.2, 0.25) is 0 Å². The van der Waals surface area contributed by atoms with Gasteiger partial charge in [-0.2, -0.15) is 0 Å². The molecular formula is C54H100O14. The van der Waals surface area contributed by atoms with Crippen molar-refractivity contribution in [2.24, 2.45) is 0 Å². The molecule has 0 aliphatic rings. The summed E-state index contributed by atoms with van der Waals surface area (Å²) in [5, 5.41) is 60.7. The number of allylic oxidation sites excluding steroid dienone is 3. The molecule has 0 rings (SSSR count). The summed E-state index contributed by atoms with van der Waals surface area (Å²) in [6.45, 7) is 6.51. The first-order valence-electron chi connectivity index (χ1n) is 26.3. The van der Waals surface area contributed by atoms with Crippen molar-refractivity contribution >= 4 is 42.4 Å². The van der Waals surface area contributed by atoms with E-state index < -0.39 is 36.0 Å². The van der Waals surface area contributed by atoms with Crippen LogP contribution in [-0.2, 0) is 33.6 Å². The molecule has 0 spiro atoms. The highest BCUT2D eigenvalue weighted by molar-refractivity contribution is 5.68. The van der Waals surface area contributed by atoms with Crippen molar-refractivity contribution < 1.29 is 69.3 Å². The van der Waals surface area contributed by atoms with Gasteiger partial charge in [-0.1, -0.05) is 167 Å². The summed E-state index contributed by atoms with van der Waals surface area (Å²) in [5.74, 6) is -3.84. The van der Waals surface area contributed by atoms with Crippen LogP contribution in [0.4, 0.5) is 0 Å². The molecular weight excluding hydrogens is 873 g/mol. The second-order valence-corrected chi connectivity index (χ2v) is 17.3. The zero-order valence-electron chi connectivity index (χ0n) is 43.0. The summed E-state index contributed by atoms with van der Waals surface area (Å²) in [4.78, 5) is 70.5. The molecule has 400 valence electrons. The number of aliphatic hydroxyl groups is 2. The Morgan fingerprint density at radius 2 is 0.691 bits per heavy atom. The van der Waals surface area contributed by atoms with E-state index in [1.54, 1.807) is 6.08 Å². The summed E-state index contributed by atoms with van der Waals surface area (Å²) in [5.41, 5.74) is 0. The zero-order chi connectivity index (χ0) is 52.2. The van der Waals surface area contributed by atoms with Gasteiger partial charge in [-0.25, -0.2) is 0 Å². The Balaban J connectivity index is -0.000000250. The van der Waals surface area contributed by atoms with Crippen molar-refractivity contribution in [2.45, 2.75) is 277 Å². The van der Waals surface area contributed by atoms with Gasteiger partial charge in [-0.15, -0.1) is 0 Å². The summed E-state index contributed by atoms with van der Waals surface area (Å²) < 4.78 is 0. The number of aliphatic hydroxyl groups excluding tert-OH is 2. The van der Waals surface area contributed by atoms with Gasteiger partial charge in [-0.05, 0) is 83.1 Å². The van der Waals surface area contributed by atoms with Gasteiger partial charge in [0, 0.05) is 32.1 Å². The SMILES string of the molecule is CCCCCC/C=C/C=O.CCCCCC[C@@H](O)C/C=C\CCCCCCCC(=O)O.CCCCCC[C@@H](O)CC(=O)O.O=C(O)CCCCCCCC(=O)O.O=CCCCCCCCC(=O)O. The van der Waals surface area contributed by atoms with Crippen LogP contribution in [-0.4, -0.2) is 90.4 Å².